The second-order valence-electron chi connectivity index (χ2n) is 7.54. The number of rotatable bonds is 7. The van der Waals surface area contributed by atoms with Crippen LogP contribution < -0.4 is 10.6 Å². The molecule has 158 valence electrons. The number of nitrogens with zero attached hydrogens (tertiary/aromatic N) is 1. The Morgan fingerprint density at radius 2 is 1.90 bits per heavy atom. The third kappa shape index (κ3) is 4.73. The predicted octanol–water partition coefficient (Wildman–Crippen LogP) is -0.220. The highest BCUT2D eigenvalue weighted by molar-refractivity contribution is 8.01. The number of thioether (sulfide) groups is 1. The van der Waals surface area contributed by atoms with Crippen LogP contribution in [0.3, 0.4) is 0 Å². The van der Waals surface area contributed by atoms with Crippen LogP contribution in [0.2, 0.25) is 0 Å². The summed E-state index contributed by atoms with van der Waals surface area (Å²) in [6.45, 7) is 3.39. The molecule has 29 heavy (non-hydrogen) atoms. The smallest absolute Gasteiger partial charge is 0.266 e. The molecule has 3 amide bonds. The zero-order valence-corrected chi connectivity index (χ0v) is 17.6. The second-order valence-corrected chi connectivity index (χ2v) is 10.9. The van der Waals surface area contributed by atoms with Crippen molar-refractivity contribution in [1.82, 2.24) is 15.5 Å². The van der Waals surface area contributed by atoms with Crippen molar-refractivity contribution < 1.29 is 27.4 Å². The van der Waals surface area contributed by atoms with Gasteiger partial charge >= 0.3 is 0 Å². The summed E-state index contributed by atoms with van der Waals surface area (Å²) in [5.41, 5.74) is 0.837. The van der Waals surface area contributed by atoms with Crippen LogP contribution in [0, 0.1) is 0 Å². The lowest BCUT2D eigenvalue weighted by Gasteiger charge is -2.44. The highest BCUT2D eigenvalue weighted by Gasteiger charge is 2.63. The quantitative estimate of drug-likeness (QED) is 0.394. The monoisotopic (exact) mass is 441 g/mol. The molecule has 3 atom stereocenters. The van der Waals surface area contributed by atoms with Crippen molar-refractivity contribution in [3.8, 4) is 0 Å². The molecule has 1 aromatic carbocycles. The number of carbonyl (C=O) groups is 3. The lowest BCUT2D eigenvalue weighted by molar-refractivity contribution is -0.155. The summed E-state index contributed by atoms with van der Waals surface area (Å²) in [5.74, 6) is -1.71. The number of hydrogen-bond acceptors (Lipinski definition) is 6. The molecule has 0 radical (unpaired) electrons. The lowest BCUT2D eigenvalue weighted by atomic mass is 9.95. The molecule has 3 N–H and O–H groups in total. The molecule has 2 fully saturated rings. The van der Waals surface area contributed by atoms with Gasteiger partial charge in [-0.05, 0) is 19.4 Å². The van der Waals surface area contributed by atoms with Crippen molar-refractivity contribution in [1.29, 1.82) is 0 Å². The van der Waals surface area contributed by atoms with Gasteiger partial charge in [0.1, 0.15) is 17.5 Å². The number of fused-ring (bicyclic) bond motifs is 1. The minimum absolute atomic E-state index is 0.158. The van der Waals surface area contributed by atoms with Crippen LogP contribution in [0.5, 0.6) is 0 Å². The van der Waals surface area contributed by atoms with E-state index in [1.165, 1.54) is 16.7 Å². The molecular formula is C18H23N3O6S2. The highest BCUT2D eigenvalue weighted by Crippen LogP contribution is 2.50. The Hall–Kier alpha value is -2.11. The Morgan fingerprint density at radius 1 is 1.24 bits per heavy atom. The molecule has 0 saturated carbocycles. The van der Waals surface area contributed by atoms with Gasteiger partial charge in [-0.25, -0.2) is 0 Å². The molecule has 3 rings (SSSR count). The van der Waals surface area contributed by atoms with E-state index in [1.54, 1.807) is 0 Å². The Balaban J connectivity index is 1.61. The first kappa shape index (κ1) is 21.6. The van der Waals surface area contributed by atoms with Crippen LogP contribution in [-0.4, -0.2) is 70.1 Å². The van der Waals surface area contributed by atoms with Crippen LogP contribution >= 0.6 is 11.8 Å². The molecule has 9 nitrogen and oxygen atoms in total. The van der Waals surface area contributed by atoms with E-state index in [9.17, 15) is 22.8 Å². The number of carbonyl (C=O) groups excluding carboxylic acids is 3. The fourth-order valence-electron chi connectivity index (χ4n) is 3.58. The Morgan fingerprint density at radius 3 is 2.52 bits per heavy atom. The Labute approximate surface area is 173 Å². The molecule has 2 aliphatic heterocycles. The fraction of sp³-hybridized carbons (Fsp3) is 0.500. The third-order valence-electron chi connectivity index (χ3n) is 4.87. The van der Waals surface area contributed by atoms with E-state index in [4.69, 9.17) is 4.55 Å². The minimum atomic E-state index is -4.19. The molecule has 2 saturated heterocycles. The molecule has 0 aliphatic carbocycles. The first-order valence-corrected chi connectivity index (χ1v) is 11.5. The Bertz CT molecular complexity index is 919. The first-order valence-electron chi connectivity index (χ1n) is 9.06. The average Bonchev–Trinajstić information content (AvgIpc) is 2.87. The molecule has 1 aromatic rings. The average molecular weight is 442 g/mol. The molecule has 0 unspecified atom stereocenters. The van der Waals surface area contributed by atoms with Gasteiger partial charge in [0.05, 0.1) is 12.2 Å². The molecule has 0 bridgehead atoms. The van der Waals surface area contributed by atoms with Gasteiger partial charge in [-0.3, -0.25) is 18.9 Å². The fourth-order valence-corrected chi connectivity index (χ4v) is 5.57. The van der Waals surface area contributed by atoms with Gasteiger partial charge in [0, 0.05) is 11.3 Å². The summed E-state index contributed by atoms with van der Waals surface area (Å²) < 4.78 is 29.8. The maximum absolute atomic E-state index is 12.6. The molecule has 0 spiro atoms. The summed E-state index contributed by atoms with van der Waals surface area (Å²) in [6, 6.07) is 7.68. The lowest BCUT2D eigenvalue weighted by Crippen LogP contribution is -2.71. The van der Waals surface area contributed by atoms with Crippen molar-refractivity contribution in [3.63, 3.8) is 0 Å². The second kappa shape index (κ2) is 7.96. The molecular weight excluding hydrogens is 418 g/mol. The van der Waals surface area contributed by atoms with Crippen LogP contribution in [0.1, 0.15) is 19.4 Å². The molecule has 2 heterocycles. The molecule has 11 heteroatoms. The zero-order valence-electron chi connectivity index (χ0n) is 16.0. The van der Waals surface area contributed by atoms with Gasteiger partial charge in [0.15, 0.2) is 0 Å². The van der Waals surface area contributed by atoms with Gasteiger partial charge in [0.25, 0.3) is 10.1 Å². The van der Waals surface area contributed by atoms with E-state index in [2.05, 4.69) is 10.6 Å². The third-order valence-corrected chi connectivity index (χ3v) is 7.16. The van der Waals surface area contributed by atoms with Gasteiger partial charge < -0.3 is 15.5 Å². The predicted molar refractivity (Wildman–Crippen MR) is 108 cm³/mol. The van der Waals surface area contributed by atoms with E-state index < -0.39 is 38.6 Å². The number of nitrogens with one attached hydrogen (secondary N) is 2. The summed E-state index contributed by atoms with van der Waals surface area (Å²) in [6.07, 6.45) is 0.158. The van der Waals surface area contributed by atoms with Crippen LogP contribution in [0.15, 0.2) is 30.3 Å². The van der Waals surface area contributed by atoms with Crippen molar-refractivity contribution in [2.75, 3.05) is 12.3 Å². The number of β-lactam (4-membered cyclic amide) rings is 1. The molecule has 0 aromatic heterocycles. The van der Waals surface area contributed by atoms with E-state index in [-0.39, 0.29) is 30.2 Å². The normalized spacial score (nSPS) is 25.1. The van der Waals surface area contributed by atoms with E-state index >= 15 is 0 Å². The highest BCUT2D eigenvalue weighted by atomic mass is 32.2. The molecule has 2 aliphatic rings. The van der Waals surface area contributed by atoms with Crippen molar-refractivity contribution in [2.24, 2.45) is 0 Å². The maximum Gasteiger partial charge on any atom is 0.266 e. The van der Waals surface area contributed by atoms with Crippen molar-refractivity contribution in [3.05, 3.63) is 35.9 Å². The van der Waals surface area contributed by atoms with E-state index in [0.29, 0.717) is 0 Å². The summed E-state index contributed by atoms with van der Waals surface area (Å²) in [4.78, 5) is 39.0. The van der Waals surface area contributed by atoms with E-state index in [0.717, 1.165) is 5.56 Å². The minimum Gasteiger partial charge on any atom is -0.353 e. The van der Waals surface area contributed by atoms with Gasteiger partial charge in [-0.2, -0.15) is 8.42 Å². The maximum atomic E-state index is 12.6. The van der Waals surface area contributed by atoms with Crippen LogP contribution in [-0.2, 0) is 30.9 Å². The van der Waals surface area contributed by atoms with Crippen LogP contribution in [0.4, 0.5) is 0 Å². The van der Waals surface area contributed by atoms with Gasteiger partial charge in [-0.1, -0.05) is 30.3 Å². The largest absolute Gasteiger partial charge is 0.353 e. The van der Waals surface area contributed by atoms with Crippen molar-refractivity contribution in [2.45, 2.75) is 42.5 Å². The number of amides is 3. The standard InChI is InChI=1S/C18H23N3O6S2/c1-18(2)14(15(23)19-8-9-29(25,26)27)21-16(24)13(17(21)28-18)20-12(22)10-11-6-4-3-5-7-11/h3-7,13-14,17H,8-10H2,1-2H3,(H,19,23)(H,20,22)(H,25,26,27)/t13-,14+,17-/m1/s1. The summed E-state index contributed by atoms with van der Waals surface area (Å²) >= 11 is 1.42. The number of hydrogen-bond donors (Lipinski definition) is 3. The van der Waals surface area contributed by atoms with Crippen LogP contribution in [0.25, 0.3) is 0 Å². The summed E-state index contributed by atoms with van der Waals surface area (Å²) in [5, 5.41) is 4.84. The van der Waals surface area contributed by atoms with E-state index in [1.807, 2.05) is 44.2 Å². The SMILES string of the molecule is CC1(C)S[C@@H]2[C@H](NC(=O)Cc3ccccc3)C(=O)N2[C@H]1C(=O)NCCS(=O)(=O)O. The summed E-state index contributed by atoms with van der Waals surface area (Å²) in [7, 11) is -4.19. The number of benzene rings is 1. The first-order chi connectivity index (χ1) is 13.5. The van der Waals surface area contributed by atoms with Crippen molar-refractivity contribution >= 4 is 39.6 Å². The zero-order chi connectivity index (χ0) is 21.4. The van der Waals surface area contributed by atoms with Gasteiger partial charge in [0.2, 0.25) is 17.7 Å². The Kier molecular flexibility index (Phi) is 5.93. The van der Waals surface area contributed by atoms with Gasteiger partial charge in [-0.15, -0.1) is 11.8 Å². The topological polar surface area (TPSA) is 133 Å².